The maximum absolute atomic E-state index is 5.24. The van der Waals surface area contributed by atoms with Crippen molar-refractivity contribution in [1.29, 1.82) is 0 Å². The van der Waals surface area contributed by atoms with Crippen molar-refractivity contribution in [3.63, 3.8) is 0 Å². The first-order chi connectivity index (χ1) is 14.3. The van der Waals surface area contributed by atoms with Crippen molar-refractivity contribution in [3.05, 3.63) is 35.0 Å². The molecule has 164 valence electrons. The minimum atomic E-state index is -0.0693. The van der Waals surface area contributed by atoms with E-state index in [2.05, 4.69) is 49.2 Å². The molecule has 0 bridgehead atoms. The molecule has 4 rings (SSSR count). The van der Waals surface area contributed by atoms with Gasteiger partial charge in [-0.05, 0) is 45.2 Å². The zero-order valence-corrected chi connectivity index (χ0v) is 19.5. The molecule has 3 heterocycles. The summed E-state index contributed by atoms with van der Waals surface area (Å²) in [4.78, 5) is 12.9. The van der Waals surface area contributed by atoms with Gasteiger partial charge >= 0.3 is 0 Å². The van der Waals surface area contributed by atoms with Gasteiger partial charge in [-0.1, -0.05) is 34.1 Å². The summed E-state index contributed by atoms with van der Waals surface area (Å²) in [5.41, 5.74) is 3.99. The number of likely N-dealkylation sites (tertiary alicyclic amines) is 1. The van der Waals surface area contributed by atoms with E-state index in [9.17, 15) is 0 Å². The molecule has 1 spiro atoms. The molecule has 0 radical (unpaired) electrons. The molecule has 1 saturated heterocycles. The second-order valence-electron chi connectivity index (χ2n) is 10.4. The number of rotatable bonds is 6. The van der Waals surface area contributed by atoms with Crippen molar-refractivity contribution < 1.29 is 0 Å². The summed E-state index contributed by atoms with van der Waals surface area (Å²) >= 11 is 0. The van der Waals surface area contributed by atoms with E-state index >= 15 is 0 Å². The van der Waals surface area contributed by atoms with Gasteiger partial charge in [0.05, 0.1) is 11.9 Å². The molecule has 0 amide bonds. The standard InChI is InChI=1S/C24H38N6/c1-6-7-12-30-13-8-10-24(17-30)11-9-19-20(24)27-22(23(2,3)4)28-21(19)25-14-18-15-26-29(5)16-18/h15-16H,6-14,17H2,1-5H3,(H,25,27,28). The van der Waals surface area contributed by atoms with Gasteiger partial charge < -0.3 is 10.2 Å². The van der Waals surface area contributed by atoms with E-state index < -0.39 is 0 Å². The number of aromatic nitrogens is 4. The van der Waals surface area contributed by atoms with Crippen LogP contribution in [0.3, 0.4) is 0 Å². The lowest BCUT2D eigenvalue weighted by Gasteiger charge is -2.41. The number of anilines is 1. The third kappa shape index (κ3) is 4.25. The molecular weight excluding hydrogens is 372 g/mol. The average molecular weight is 411 g/mol. The van der Waals surface area contributed by atoms with Gasteiger partial charge in [-0.3, -0.25) is 4.68 Å². The van der Waals surface area contributed by atoms with Crippen LogP contribution in [0.25, 0.3) is 0 Å². The highest BCUT2D eigenvalue weighted by Gasteiger charge is 2.45. The topological polar surface area (TPSA) is 58.9 Å². The highest BCUT2D eigenvalue weighted by Crippen LogP contribution is 2.46. The van der Waals surface area contributed by atoms with Crippen LogP contribution in [0.15, 0.2) is 12.4 Å². The van der Waals surface area contributed by atoms with Crippen LogP contribution in [0.1, 0.15) is 82.4 Å². The van der Waals surface area contributed by atoms with E-state index in [1.54, 1.807) is 0 Å². The van der Waals surface area contributed by atoms with Crippen LogP contribution in [0.2, 0.25) is 0 Å². The highest BCUT2D eigenvalue weighted by molar-refractivity contribution is 5.53. The zero-order chi connectivity index (χ0) is 21.4. The largest absolute Gasteiger partial charge is 0.366 e. The Bertz CT molecular complexity index is 880. The van der Waals surface area contributed by atoms with Gasteiger partial charge in [0.15, 0.2) is 0 Å². The van der Waals surface area contributed by atoms with Crippen LogP contribution in [-0.4, -0.2) is 44.3 Å². The fraction of sp³-hybridized carbons (Fsp3) is 0.708. The Kier molecular flexibility index (Phi) is 5.88. The molecule has 1 aliphatic heterocycles. The first kappa shape index (κ1) is 21.3. The molecule has 6 nitrogen and oxygen atoms in total. The number of nitrogens with one attached hydrogen (secondary N) is 1. The van der Waals surface area contributed by atoms with Crippen LogP contribution >= 0.6 is 0 Å². The Balaban J connectivity index is 1.66. The van der Waals surface area contributed by atoms with Gasteiger partial charge in [-0.25, -0.2) is 9.97 Å². The van der Waals surface area contributed by atoms with Crippen LogP contribution in [0, 0.1) is 0 Å². The summed E-state index contributed by atoms with van der Waals surface area (Å²) < 4.78 is 1.85. The molecule has 1 aliphatic carbocycles. The van der Waals surface area contributed by atoms with Crippen LogP contribution < -0.4 is 5.32 Å². The molecule has 1 unspecified atom stereocenters. The minimum Gasteiger partial charge on any atom is -0.366 e. The zero-order valence-electron chi connectivity index (χ0n) is 19.5. The van der Waals surface area contributed by atoms with Crippen LogP contribution in [-0.2, 0) is 30.8 Å². The Hall–Kier alpha value is -1.95. The molecule has 1 fully saturated rings. The molecule has 0 saturated carbocycles. The van der Waals surface area contributed by atoms with Gasteiger partial charge in [0.25, 0.3) is 0 Å². The number of hydrogen-bond acceptors (Lipinski definition) is 5. The van der Waals surface area contributed by atoms with Crippen LogP contribution in [0.4, 0.5) is 5.82 Å². The van der Waals surface area contributed by atoms with E-state index in [0.717, 1.165) is 31.2 Å². The molecule has 6 heteroatoms. The van der Waals surface area contributed by atoms with E-state index in [4.69, 9.17) is 9.97 Å². The van der Waals surface area contributed by atoms with E-state index in [1.165, 1.54) is 62.0 Å². The number of piperidine rings is 1. The van der Waals surface area contributed by atoms with E-state index in [1.807, 2.05) is 17.9 Å². The highest BCUT2D eigenvalue weighted by atomic mass is 15.2. The normalized spacial score (nSPS) is 21.9. The van der Waals surface area contributed by atoms with Crippen molar-refractivity contribution in [2.24, 2.45) is 7.05 Å². The number of aryl methyl sites for hydroxylation is 1. The quantitative estimate of drug-likeness (QED) is 0.773. The van der Waals surface area contributed by atoms with E-state index in [0.29, 0.717) is 0 Å². The smallest absolute Gasteiger partial charge is 0.136 e. The summed E-state index contributed by atoms with van der Waals surface area (Å²) in [6, 6.07) is 0. The lowest BCUT2D eigenvalue weighted by Crippen LogP contribution is -2.45. The van der Waals surface area contributed by atoms with Gasteiger partial charge in [-0.15, -0.1) is 0 Å². The maximum Gasteiger partial charge on any atom is 0.136 e. The molecule has 1 N–H and O–H groups in total. The number of unbranched alkanes of at least 4 members (excludes halogenated alkanes) is 1. The minimum absolute atomic E-state index is 0.0693. The lowest BCUT2D eigenvalue weighted by atomic mass is 9.77. The molecule has 2 aromatic heterocycles. The van der Waals surface area contributed by atoms with Crippen molar-refractivity contribution in [2.45, 2.75) is 83.6 Å². The third-order valence-corrected chi connectivity index (χ3v) is 6.74. The molecule has 0 aromatic carbocycles. The molecule has 2 aliphatic rings. The van der Waals surface area contributed by atoms with Gasteiger partial charge in [-0.2, -0.15) is 5.10 Å². The second kappa shape index (κ2) is 8.29. The van der Waals surface area contributed by atoms with Gasteiger partial charge in [0.1, 0.15) is 11.6 Å². The van der Waals surface area contributed by atoms with E-state index in [-0.39, 0.29) is 10.8 Å². The van der Waals surface area contributed by atoms with Crippen molar-refractivity contribution in [2.75, 3.05) is 25.0 Å². The van der Waals surface area contributed by atoms with Crippen molar-refractivity contribution in [3.8, 4) is 0 Å². The van der Waals surface area contributed by atoms with Crippen molar-refractivity contribution >= 4 is 5.82 Å². The average Bonchev–Trinajstić information content (AvgIpc) is 3.28. The summed E-state index contributed by atoms with van der Waals surface area (Å²) in [5, 5.41) is 7.93. The lowest BCUT2D eigenvalue weighted by molar-refractivity contribution is 0.141. The van der Waals surface area contributed by atoms with Gasteiger partial charge in [0.2, 0.25) is 0 Å². The third-order valence-electron chi connectivity index (χ3n) is 6.74. The van der Waals surface area contributed by atoms with Crippen molar-refractivity contribution in [1.82, 2.24) is 24.6 Å². The van der Waals surface area contributed by atoms with Gasteiger partial charge in [0, 0.05) is 48.3 Å². The number of fused-ring (bicyclic) bond motifs is 2. The fourth-order valence-electron chi connectivity index (χ4n) is 5.07. The SMILES string of the molecule is CCCCN1CCCC2(CCc3c(NCc4cnn(C)c4)nc(C(C)(C)C)nc32)C1. The summed E-state index contributed by atoms with van der Waals surface area (Å²) in [5.74, 6) is 2.00. The monoisotopic (exact) mass is 410 g/mol. The Morgan fingerprint density at radius 3 is 2.73 bits per heavy atom. The fourth-order valence-corrected chi connectivity index (χ4v) is 5.07. The summed E-state index contributed by atoms with van der Waals surface area (Å²) in [6.45, 7) is 13.3. The number of hydrogen-bond donors (Lipinski definition) is 1. The predicted molar refractivity (Wildman–Crippen MR) is 122 cm³/mol. The Morgan fingerprint density at radius 1 is 1.20 bits per heavy atom. The Labute approximate surface area is 181 Å². The molecule has 30 heavy (non-hydrogen) atoms. The molecule has 2 aromatic rings. The predicted octanol–water partition coefficient (Wildman–Crippen LogP) is 4.20. The molecule has 1 atom stereocenters. The first-order valence-electron chi connectivity index (χ1n) is 11.7. The second-order valence-corrected chi connectivity index (χ2v) is 10.4. The van der Waals surface area contributed by atoms with Crippen LogP contribution in [0.5, 0.6) is 0 Å². The first-order valence-corrected chi connectivity index (χ1v) is 11.7. The molecular formula is C24H38N6. The maximum atomic E-state index is 5.24. The Morgan fingerprint density at radius 2 is 2.03 bits per heavy atom. The number of nitrogens with zero attached hydrogens (tertiary/aromatic N) is 5. The summed E-state index contributed by atoms with van der Waals surface area (Å²) in [6.07, 6.45) is 11.4. The summed E-state index contributed by atoms with van der Waals surface area (Å²) in [7, 11) is 1.96.